The molecule has 0 amide bonds. The lowest BCUT2D eigenvalue weighted by Gasteiger charge is -2.30. The molecular weight excluding hydrogens is 357 g/mol. The predicted octanol–water partition coefficient (Wildman–Crippen LogP) is 3.76. The van der Waals surface area contributed by atoms with E-state index in [9.17, 15) is 4.39 Å². The topological polar surface area (TPSA) is 68.9 Å². The molecule has 0 heterocycles. The monoisotopic (exact) mass is 385 g/mol. The van der Waals surface area contributed by atoms with E-state index in [-0.39, 0.29) is 11.2 Å². The molecule has 2 aromatic rings. The van der Waals surface area contributed by atoms with Crippen molar-refractivity contribution >= 4 is 5.96 Å². The Hall–Kier alpha value is -2.76. The molecule has 0 aromatic heterocycles. The van der Waals surface area contributed by atoms with Crippen LogP contribution >= 0.6 is 0 Å². The van der Waals surface area contributed by atoms with Crippen LogP contribution in [0.4, 0.5) is 4.39 Å². The van der Waals surface area contributed by atoms with Crippen LogP contribution < -0.4 is 20.5 Å². The molecular formula is C22H28FN3O2. The number of ether oxygens (including phenoxy) is 2. The number of nitrogens with one attached hydrogen (secondary N) is 1. The summed E-state index contributed by atoms with van der Waals surface area (Å²) < 4.78 is 23.9. The van der Waals surface area contributed by atoms with Gasteiger partial charge in [0.15, 0.2) is 17.5 Å². The highest BCUT2D eigenvalue weighted by molar-refractivity contribution is 5.78. The second kappa shape index (κ2) is 8.95. The fraction of sp³-hybridized carbons (Fsp3) is 0.409. The summed E-state index contributed by atoms with van der Waals surface area (Å²) in [5, 5.41) is 3.28. The second-order valence-corrected chi connectivity index (χ2v) is 7.24. The smallest absolute Gasteiger partial charge is 0.188 e. The van der Waals surface area contributed by atoms with Crippen molar-refractivity contribution in [2.24, 2.45) is 10.7 Å². The van der Waals surface area contributed by atoms with Crippen LogP contribution in [0.15, 0.2) is 47.5 Å². The van der Waals surface area contributed by atoms with E-state index in [1.54, 1.807) is 14.2 Å². The summed E-state index contributed by atoms with van der Waals surface area (Å²) in [5.41, 5.74) is 8.24. The minimum atomic E-state index is -0.208. The van der Waals surface area contributed by atoms with Crippen molar-refractivity contribution in [2.75, 3.05) is 20.8 Å². The molecule has 0 unspecified atom stereocenters. The molecule has 150 valence electrons. The van der Waals surface area contributed by atoms with E-state index < -0.39 is 0 Å². The van der Waals surface area contributed by atoms with E-state index in [0.29, 0.717) is 30.5 Å². The van der Waals surface area contributed by atoms with E-state index in [1.165, 1.54) is 25.0 Å². The molecule has 2 aromatic carbocycles. The molecule has 1 aliphatic carbocycles. The summed E-state index contributed by atoms with van der Waals surface area (Å²) >= 11 is 0. The molecule has 0 bridgehead atoms. The summed E-state index contributed by atoms with van der Waals surface area (Å²) in [6.07, 6.45) is 4.46. The van der Waals surface area contributed by atoms with Crippen LogP contribution in [0.3, 0.4) is 0 Å². The van der Waals surface area contributed by atoms with Gasteiger partial charge in [0.2, 0.25) is 0 Å². The lowest BCUT2D eigenvalue weighted by atomic mass is 9.79. The quantitative estimate of drug-likeness (QED) is 0.562. The second-order valence-electron chi connectivity index (χ2n) is 7.24. The molecule has 28 heavy (non-hydrogen) atoms. The first-order valence-corrected chi connectivity index (χ1v) is 9.57. The number of nitrogens with two attached hydrogens (primary N) is 1. The number of guanidine groups is 1. The van der Waals surface area contributed by atoms with E-state index in [2.05, 4.69) is 10.3 Å². The molecule has 1 saturated carbocycles. The van der Waals surface area contributed by atoms with Gasteiger partial charge in [-0.25, -0.2) is 9.38 Å². The fourth-order valence-corrected chi connectivity index (χ4v) is 3.89. The number of aliphatic imine (C=N–C) groups is 1. The number of hydrogen-bond donors (Lipinski definition) is 2. The number of rotatable bonds is 7. The first-order valence-electron chi connectivity index (χ1n) is 9.57. The summed E-state index contributed by atoms with van der Waals surface area (Å²) in [5.74, 6) is 1.55. The maximum Gasteiger partial charge on any atom is 0.188 e. The van der Waals surface area contributed by atoms with E-state index >= 15 is 0 Å². The fourth-order valence-electron chi connectivity index (χ4n) is 3.89. The Morgan fingerprint density at radius 1 is 1.07 bits per heavy atom. The molecule has 0 saturated heterocycles. The Balaban J connectivity index is 1.65. The average Bonchev–Trinajstić information content (AvgIpc) is 3.21. The zero-order valence-electron chi connectivity index (χ0n) is 16.5. The predicted molar refractivity (Wildman–Crippen MR) is 109 cm³/mol. The Morgan fingerprint density at radius 2 is 1.75 bits per heavy atom. The largest absolute Gasteiger partial charge is 0.493 e. The first-order chi connectivity index (χ1) is 13.6. The maximum absolute atomic E-state index is 13.3. The van der Waals surface area contributed by atoms with Gasteiger partial charge < -0.3 is 20.5 Å². The SMILES string of the molecule is COc1ccc(CN=C(N)NCC2(c3ccc(F)cc3)CCCC2)cc1OC. The van der Waals surface area contributed by atoms with Crippen molar-refractivity contribution in [1.29, 1.82) is 0 Å². The molecule has 1 aliphatic rings. The van der Waals surface area contributed by atoms with Gasteiger partial charge in [0.1, 0.15) is 5.82 Å². The van der Waals surface area contributed by atoms with Gasteiger partial charge >= 0.3 is 0 Å². The molecule has 3 rings (SSSR count). The van der Waals surface area contributed by atoms with Crippen LogP contribution in [-0.2, 0) is 12.0 Å². The Bertz CT molecular complexity index is 815. The molecule has 5 nitrogen and oxygen atoms in total. The highest BCUT2D eigenvalue weighted by atomic mass is 19.1. The Kier molecular flexibility index (Phi) is 6.39. The van der Waals surface area contributed by atoms with Gasteiger partial charge in [-0.1, -0.05) is 31.0 Å². The average molecular weight is 385 g/mol. The Morgan fingerprint density at radius 3 is 2.39 bits per heavy atom. The minimum absolute atomic E-state index is 0.0167. The normalized spacial score (nSPS) is 16.0. The number of nitrogens with zero attached hydrogens (tertiary/aromatic N) is 1. The molecule has 1 fully saturated rings. The molecule has 0 spiro atoms. The first kappa shape index (κ1) is 20.0. The molecule has 3 N–H and O–H groups in total. The van der Waals surface area contributed by atoms with Crippen molar-refractivity contribution < 1.29 is 13.9 Å². The van der Waals surface area contributed by atoms with Crippen molar-refractivity contribution in [2.45, 2.75) is 37.6 Å². The summed E-state index contributed by atoms with van der Waals surface area (Å²) in [6.45, 7) is 1.14. The van der Waals surface area contributed by atoms with Crippen molar-refractivity contribution in [3.8, 4) is 11.5 Å². The lowest BCUT2D eigenvalue weighted by molar-refractivity contribution is 0.354. The van der Waals surface area contributed by atoms with Gasteiger partial charge in [0.25, 0.3) is 0 Å². The van der Waals surface area contributed by atoms with E-state index in [4.69, 9.17) is 15.2 Å². The molecule has 6 heteroatoms. The van der Waals surface area contributed by atoms with Gasteiger partial charge in [-0.3, -0.25) is 0 Å². The van der Waals surface area contributed by atoms with Crippen LogP contribution in [0.5, 0.6) is 11.5 Å². The van der Waals surface area contributed by atoms with Crippen molar-refractivity contribution in [1.82, 2.24) is 5.32 Å². The van der Waals surface area contributed by atoms with Crippen LogP contribution in [0, 0.1) is 5.82 Å². The van der Waals surface area contributed by atoms with Crippen molar-refractivity contribution in [3.63, 3.8) is 0 Å². The zero-order chi connectivity index (χ0) is 20.0. The van der Waals surface area contributed by atoms with Crippen LogP contribution in [0.25, 0.3) is 0 Å². The van der Waals surface area contributed by atoms with Crippen LogP contribution in [0.2, 0.25) is 0 Å². The minimum Gasteiger partial charge on any atom is -0.493 e. The van der Waals surface area contributed by atoms with E-state index in [1.807, 2.05) is 30.3 Å². The molecule has 0 atom stereocenters. The third-order valence-corrected chi connectivity index (χ3v) is 5.51. The van der Waals surface area contributed by atoms with E-state index in [0.717, 1.165) is 24.0 Å². The zero-order valence-corrected chi connectivity index (χ0v) is 16.5. The number of hydrogen-bond acceptors (Lipinski definition) is 3. The lowest BCUT2D eigenvalue weighted by Crippen LogP contribution is -2.42. The van der Waals surface area contributed by atoms with Gasteiger partial charge in [0.05, 0.1) is 20.8 Å². The highest BCUT2D eigenvalue weighted by Gasteiger charge is 2.35. The van der Waals surface area contributed by atoms with Gasteiger partial charge in [-0.15, -0.1) is 0 Å². The van der Waals surface area contributed by atoms with Crippen LogP contribution in [0.1, 0.15) is 36.8 Å². The number of methoxy groups -OCH3 is 2. The molecule has 0 aliphatic heterocycles. The summed E-state index contributed by atoms with van der Waals surface area (Å²) in [4.78, 5) is 4.45. The maximum atomic E-state index is 13.3. The summed E-state index contributed by atoms with van der Waals surface area (Å²) in [7, 11) is 3.22. The standard InChI is InChI=1S/C22H28FN3O2/c1-27-19-10-5-16(13-20(19)28-2)14-25-21(24)26-15-22(11-3-4-12-22)17-6-8-18(23)9-7-17/h5-10,13H,3-4,11-12,14-15H2,1-2H3,(H3,24,25,26). The highest BCUT2D eigenvalue weighted by Crippen LogP contribution is 2.40. The Labute approximate surface area is 165 Å². The van der Waals surface area contributed by atoms with Gasteiger partial charge in [0, 0.05) is 12.0 Å². The van der Waals surface area contributed by atoms with Crippen molar-refractivity contribution in [3.05, 3.63) is 59.4 Å². The van der Waals surface area contributed by atoms with Gasteiger partial charge in [-0.05, 0) is 48.2 Å². The number of halogens is 1. The van der Waals surface area contributed by atoms with Crippen LogP contribution in [-0.4, -0.2) is 26.7 Å². The summed E-state index contributed by atoms with van der Waals surface area (Å²) in [6, 6.07) is 12.5. The van der Waals surface area contributed by atoms with Gasteiger partial charge in [-0.2, -0.15) is 0 Å². The third-order valence-electron chi connectivity index (χ3n) is 5.51. The molecule has 0 radical (unpaired) electrons. The third kappa shape index (κ3) is 4.55. The number of benzene rings is 2.